The van der Waals surface area contributed by atoms with Gasteiger partial charge in [0.05, 0.1) is 11.7 Å². The number of carbonyl (C=O) groups is 1. The van der Waals surface area contributed by atoms with Gasteiger partial charge in [0, 0.05) is 5.56 Å². The Bertz CT molecular complexity index is 510. The Kier molecular flexibility index (Phi) is 4.95. The summed E-state index contributed by atoms with van der Waals surface area (Å²) in [4.78, 5) is 11.8. The zero-order valence-corrected chi connectivity index (χ0v) is 11.2. The molecule has 1 aliphatic rings. The quantitative estimate of drug-likeness (QED) is 0.687. The maximum Gasteiger partial charge on any atom is 0.419 e. The first-order valence-electron chi connectivity index (χ1n) is 6.60. The van der Waals surface area contributed by atoms with E-state index in [-0.39, 0.29) is 18.3 Å². The average molecular weight is 305 g/mol. The van der Waals surface area contributed by atoms with Crippen molar-refractivity contribution in [2.45, 2.75) is 25.1 Å². The highest BCUT2D eigenvalue weighted by Crippen LogP contribution is 2.31. The lowest BCUT2D eigenvalue weighted by molar-refractivity contribution is -0.140. The number of ketones is 1. The fraction of sp³-hybridized carbons (Fsp3) is 0.500. The molecule has 1 aromatic rings. The molecule has 0 aliphatic carbocycles. The lowest BCUT2D eigenvalue weighted by Gasteiger charge is -2.22. The molecule has 1 aliphatic heterocycles. The summed E-state index contributed by atoms with van der Waals surface area (Å²) in [5.41, 5.74) is -1.49. The molecule has 0 spiro atoms. The van der Waals surface area contributed by atoms with Gasteiger partial charge >= 0.3 is 6.18 Å². The first-order valence-corrected chi connectivity index (χ1v) is 6.60. The summed E-state index contributed by atoms with van der Waals surface area (Å²) in [7, 11) is 0. The predicted molar refractivity (Wildman–Crippen MR) is 67.6 cm³/mol. The Morgan fingerprint density at radius 1 is 1.29 bits per heavy atom. The van der Waals surface area contributed by atoms with Gasteiger partial charge in [0.1, 0.15) is 12.4 Å². The zero-order valence-electron chi connectivity index (χ0n) is 11.2. The summed E-state index contributed by atoms with van der Waals surface area (Å²) in [6.45, 7) is 1.34. The van der Waals surface area contributed by atoms with Crippen LogP contribution in [-0.4, -0.2) is 31.6 Å². The van der Waals surface area contributed by atoms with Crippen molar-refractivity contribution < 1.29 is 27.1 Å². The van der Waals surface area contributed by atoms with Crippen LogP contribution in [0.3, 0.4) is 0 Å². The van der Waals surface area contributed by atoms with Crippen LogP contribution in [0.15, 0.2) is 18.2 Å². The molecule has 21 heavy (non-hydrogen) atoms. The number of Topliss-reactive ketones (excluding diaryl/α,β-unsaturated/α-hetero) is 1. The number of halogens is 4. The van der Waals surface area contributed by atoms with E-state index >= 15 is 0 Å². The van der Waals surface area contributed by atoms with Crippen LogP contribution in [0, 0.1) is 5.82 Å². The number of nitrogens with one attached hydrogen (secondary N) is 1. The van der Waals surface area contributed by atoms with Crippen LogP contribution < -0.4 is 5.32 Å². The minimum Gasteiger partial charge on any atom is -0.370 e. The van der Waals surface area contributed by atoms with Crippen molar-refractivity contribution in [3.05, 3.63) is 35.1 Å². The van der Waals surface area contributed by atoms with Crippen molar-refractivity contribution >= 4 is 5.78 Å². The summed E-state index contributed by atoms with van der Waals surface area (Å²) < 4.78 is 56.0. The van der Waals surface area contributed by atoms with E-state index in [2.05, 4.69) is 5.32 Å². The molecule has 0 bridgehead atoms. The Morgan fingerprint density at radius 3 is 2.52 bits per heavy atom. The third-order valence-corrected chi connectivity index (χ3v) is 3.33. The van der Waals surface area contributed by atoms with E-state index in [1.807, 2.05) is 0 Å². The van der Waals surface area contributed by atoms with Gasteiger partial charge < -0.3 is 10.1 Å². The van der Waals surface area contributed by atoms with Gasteiger partial charge in [0.2, 0.25) is 0 Å². The van der Waals surface area contributed by atoms with E-state index < -0.39 is 23.3 Å². The van der Waals surface area contributed by atoms with Crippen molar-refractivity contribution in [3.8, 4) is 0 Å². The highest BCUT2D eigenvalue weighted by molar-refractivity contribution is 5.97. The van der Waals surface area contributed by atoms with Crippen molar-refractivity contribution in [1.82, 2.24) is 5.32 Å². The monoisotopic (exact) mass is 305 g/mol. The number of rotatable bonds is 4. The molecule has 3 nitrogen and oxygen atoms in total. The first kappa shape index (κ1) is 15.9. The van der Waals surface area contributed by atoms with Crippen LogP contribution >= 0.6 is 0 Å². The molecule has 0 amide bonds. The second-order valence-corrected chi connectivity index (χ2v) is 4.88. The molecule has 1 aromatic carbocycles. The van der Waals surface area contributed by atoms with Crippen LogP contribution in [-0.2, 0) is 10.9 Å². The fourth-order valence-electron chi connectivity index (χ4n) is 2.16. The summed E-state index contributed by atoms with van der Waals surface area (Å²) in [5, 5.41) is 3.14. The molecule has 2 rings (SSSR count). The number of hydrogen-bond acceptors (Lipinski definition) is 3. The van der Waals surface area contributed by atoms with Crippen molar-refractivity contribution in [2.24, 2.45) is 0 Å². The molecule has 116 valence electrons. The highest BCUT2D eigenvalue weighted by atomic mass is 19.4. The van der Waals surface area contributed by atoms with Crippen LogP contribution in [0.4, 0.5) is 17.6 Å². The van der Waals surface area contributed by atoms with Crippen LogP contribution in [0.5, 0.6) is 0 Å². The van der Waals surface area contributed by atoms with Gasteiger partial charge in [-0.05, 0) is 38.1 Å². The zero-order chi connectivity index (χ0) is 15.5. The summed E-state index contributed by atoms with van der Waals surface area (Å²) in [6, 6.07) is 2.16. The van der Waals surface area contributed by atoms with Gasteiger partial charge in [-0.25, -0.2) is 4.39 Å². The van der Waals surface area contributed by atoms with E-state index in [0.717, 1.165) is 32.0 Å². The van der Waals surface area contributed by atoms with E-state index in [1.165, 1.54) is 0 Å². The number of piperidine rings is 1. The molecule has 1 heterocycles. The van der Waals surface area contributed by atoms with E-state index in [9.17, 15) is 22.4 Å². The van der Waals surface area contributed by atoms with Crippen LogP contribution in [0.25, 0.3) is 0 Å². The number of ether oxygens (including phenoxy) is 1. The molecular weight excluding hydrogens is 290 g/mol. The summed E-state index contributed by atoms with van der Waals surface area (Å²) in [6.07, 6.45) is -3.27. The van der Waals surface area contributed by atoms with E-state index in [0.29, 0.717) is 12.1 Å². The number of carbonyl (C=O) groups excluding carboxylic acids is 1. The van der Waals surface area contributed by atoms with E-state index in [1.54, 1.807) is 0 Å². The second-order valence-electron chi connectivity index (χ2n) is 4.88. The molecular formula is C14H15F4NO2. The SMILES string of the molecule is O=C(COC1CCNCC1)c1ccc(C(F)(F)F)c(F)c1. The Morgan fingerprint density at radius 2 is 1.95 bits per heavy atom. The molecule has 1 N–H and O–H groups in total. The smallest absolute Gasteiger partial charge is 0.370 e. The maximum absolute atomic E-state index is 13.4. The number of alkyl halides is 3. The summed E-state index contributed by atoms with van der Waals surface area (Å²) >= 11 is 0. The molecule has 0 aromatic heterocycles. The number of hydrogen-bond donors (Lipinski definition) is 1. The maximum atomic E-state index is 13.4. The molecule has 0 unspecified atom stereocenters. The van der Waals surface area contributed by atoms with Gasteiger partial charge in [-0.2, -0.15) is 13.2 Å². The van der Waals surface area contributed by atoms with Gasteiger partial charge in [0.25, 0.3) is 0 Å². The summed E-state index contributed by atoms with van der Waals surface area (Å²) in [5.74, 6) is -1.98. The lowest BCUT2D eigenvalue weighted by atomic mass is 10.1. The molecule has 1 fully saturated rings. The lowest BCUT2D eigenvalue weighted by Crippen LogP contribution is -2.33. The van der Waals surface area contributed by atoms with Crippen molar-refractivity contribution in [3.63, 3.8) is 0 Å². The van der Waals surface area contributed by atoms with Crippen LogP contribution in [0.2, 0.25) is 0 Å². The predicted octanol–water partition coefficient (Wildman–Crippen LogP) is 2.80. The Labute approximate surface area is 119 Å². The third kappa shape index (κ3) is 4.25. The third-order valence-electron chi connectivity index (χ3n) is 3.33. The topological polar surface area (TPSA) is 38.3 Å². The second kappa shape index (κ2) is 6.53. The van der Waals surface area contributed by atoms with Crippen LogP contribution in [0.1, 0.15) is 28.8 Å². The standard InChI is InChI=1S/C14H15F4NO2/c15-12-7-9(1-2-11(12)14(16,17)18)13(20)8-21-10-3-5-19-6-4-10/h1-2,7,10,19H,3-6,8H2. The first-order chi connectivity index (χ1) is 9.88. The molecule has 0 saturated carbocycles. The van der Waals surface area contributed by atoms with E-state index in [4.69, 9.17) is 4.74 Å². The molecule has 1 saturated heterocycles. The van der Waals surface area contributed by atoms with Gasteiger partial charge in [-0.1, -0.05) is 6.07 Å². The van der Waals surface area contributed by atoms with Gasteiger partial charge in [-0.15, -0.1) is 0 Å². The van der Waals surface area contributed by atoms with Crippen molar-refractivity contribution in [2.75, 3.05) is 19.7 Å². The van der Waals surface area contributed by atoms with Gasteiger partial charge in [0.15, 0.2) is 5.78 Å². The minimum absolute atomic E-state index is 0.0468. The van der Waals surface area contributed by atoms with Gasteiger partial charge in [-0.3, -0.25) is 4.79 Å². The van der Waals surface area contributed by atoms with Crippen molar-refractivity contribution in [1.29, 1.82) is 0 Å². The minimum atomic E-state index is -4.77. The molecule has 0 radical (unpaired) electrons. The molecule has 0 atom stereocenters. The fourth-order valence-corrected chi connectivity index (χ4v) is 2.16. The average Bonchev–Trinajstić information content (AvgIpc) is 2.44. The Balaban J connectivity index is 1.97. The number of benzene rings is 1. The Hall–Kier alpha value is -1.47. The normalized spacial score (nSPS) is 17.0. The molecule has 7 heteroatoms. The largest absolute Gasteiger partial charge is 0.419 e. The highest BCUT2D eigenvalue weighted by Gasteiger charge is 2.34.